The summed E-state index contributed by atoms with van der Waals surface area (Å²) in [5.74, 6) is -0.430. The summed E-state index contributed by atoms with van der Waals surface area (Å²) in [7, 11) is 3.69. The molecule has 0 unspecified atom stereocenters. The first kappa shape index (κ1) is 14.8. The summed E-state index contributed by atoms with van der Waals surface area (Å²) in [4.78, 5) is 21.1. The topological polar surface area (TPSA) is 57.7 Å². The van der Waals surface area contributed by atoms with Gasteiger partial charge in [-0.25, -0.2) is 9.79 Å². The average molecular weight is 285 g/mol. The lowest BCUT2D eigenvalue weighted by Gasteiger charge is -2.05. The second kappa shape index (κ2) is 6.74. The molecular formula is C16H19N3O2. The Morgan fingerprint density at radius 1 is 1.38 bits per heavy atom. The molecule has 0 amide bonds. The van der Waals surface area contributed by atoms with Crippen LogP contribution in [-0.4, -0.2) is 42.9 Å². The number of esters is 1. The summed E-state index contributed by atoms with van der Waals surface area (Å²) < 4.78 is 5.05. The van der Waals surface area contributed by atoms with Crippen LogP contribution >= 0.6 is 0 Å². The number of aliphatic imine (C=N–C) groups is 1. The highest BCUT2D eigenvalue weighted by atomic mass is 16.5. The number of nitrogens with one attached hydrogen (secondary N) is 1. The van der Waals surface area contributed by atoms with Crippen molar-refractivity contribution in [3.63, 3.8) is 0 Å². The third kappa shape index (κ3) is 3.72. The standard InChI is InChI=1S/C16H19N3O2/c1-4-21-16(20)15(18-11-19(2)3)9-12-10-17-14-8-6-5-7-13(12)14/h5-11,17H,4H2,1-3H3/b15-9+,18-11+. The van der Waals surface area contributed by atoms with Crippen molar-refractivity contribution in [1.29, 1.82) is 0 Å². The summed E-state index contributed by atoms with van der Waals surface area (Å²) in [5, 5.41) is 1.04. The molecule has 0 saturated carbocycles. The van der Waals surface area contributed by atoms with Gasteiger partial charge in [0.1, 0.15) is 0 Å². The monoisotopic (exact) mass is 285 g/mol. The molecule has 0 spiro atoms. The Balaban J connectivity index is 2.41. The largest absolute Gasteiger partial charge is 0.461 e. The van der Waals surface area contributed by atoms with E-state index in [4.69, 9.17) is 4.74 Å². The number of ether oxygens (including phenoxy) is 1. The highest BCUT2D eigenvalue weighted by Gasteiger charge is 2.11. The second-order valence-electron chi connectivity index (χ2n) is 4.75. The van der Waals surface area contributed by atoms with Crippen molar-refractivity contribution in [3.05, 3.63) is 41.7 Å². The van der Waals surface area contributed by atoms with E-state index in [1.807, 2.05) is 44.6 Å². The molecule has 0 aliphatic carbocycles. The Hall–Kier alpha value is -2.56. The number of para-hydroxylation sites is 1. The molecule has 0 saturated heterocycles. The van der Waals surface area contributed by atoms with E-state index in [0.717, 1.165) is 16.5 Å². The van der Waals surface area contributed by atoms with Crippen molar-refractivity contribution in [1.82, 2.24) is 9.88 Å². The molecule has 1 aromatic carbocycles. The number of nitrogens with zero attached hydrogens (tertiary/aromatic N) is 2. The normalized spacial score (nSPS) is 12.0. The number of benzene rings is 1. The highest BCUT2D eigenvalue weighted by Crippen LogP contribution is 2.21. The molecule has 1 N–H and O–H groups in total. The molecule has 21 heavy (non-hydrogen) atoms. The van der Waals surface area contributed by atoms with Crippen LogP contribution in [-0.2, 0) is 9.53 Å². The summed E-state index contributed by atoms with van der Waals surface area (Å²) in [6.07, 6.45) is 5.17. The Kier molecular flexibility index (Phi) is 4.77. The van der Waals surface area contributed by atoms with Crippen molar-refractivity contribution in [2.75, 3.05) is 20.7 Å². The minimum absolute atomic E-state index is 0.273. The van der Waals surface area contributed by atoms with Crippen molar-refractivity contribution >= 4 is 29.3 Å². The van der Waals surface area contributed by atoms with E-state index in [1.54, 1.807) is 24.2 Å². The van der Waals surface area contributed by atoms with Gasteiger partial charge in [-0.1, -0.05) is 18.2 Å². The van der Waals surface area contributed by atoms with Gasteiger partial charge in [-0.05, 0) is 19.1 Å². The van der Waals surface area contributed by atoms with E-state index >= 15 is 0 Å². The van der Waals surface area contributed by atoms with Crippen LogP contribution in [0.5, 0.6) is 0 Å². The fraction of sp³-hybridized carbons (Fsp3) is 0.250. The summed E-state index contributed by atoms with van der Waals surface area (Å²) >= 11 is 0. The number of H-pyrrole nitrogens is 1. The minimum Gasteiger partial charge on any atom is -0.461 e. The molecule has 0 bridgehead atoms. The Morgan fingerprint density at radius 3 is 2.86 bits per heavy atom. The van der Waals surface area contributed by atoms with E-state index in [9.17, 15) is 4.79 Å². The number of carbonyl (C=O) groups excluding carboxylic acids is 1. The van der Waals surface area contributed by atoms with Crippen molar-refractivity contribution in [2.45, 2.75) is 6.92 Å². The van der Waals surface area contributed by atoms with E-state index in [0.29, 0.717) is 6.61 Å². The smallest absolute Gasteiger partial charge is 0.356 e. The lowest BCUT2D eigenvalue weighted by molar-refractivity contribution is -0.138. The maximum atomic E-state index is 12.0. The maximum absolute atomic E-state index is 12.0. The van der Waals surface area contributed by atoms with Gasteiger partial charge in [0.25, 0.3) is 0 Å². The molecule has 1 heterocycles. The third-order valence-corrected chi connectivity index (χ3v) is 2.83. The predicted octanol–water partition coefficient (Wildman–Crippen LogP) is 2.66. The number of aromatic nitrogens is 1. The van der Waals surface area contributed by atoms with Gasteiger partial charge < -0.3 is 14.6 Å². The lowest BCUT2D eigenvalue weighted by atomic mass is 10.1. The van der Waals surface area contributed by atoms with E-state index in [2.05, 4.69) is 9.98 Å². The van der Waals surface area contributed by atoms with Gasteiger partial charge >= 0.3 is 5.97 Å². The minimum atomic E-state index is -0.430. The van der Waals surface area contributed by atoms with Crippen LogP contribution < -0.4 is 0 Å². The Labute approximate surface area is 123 Å². The Morgan fingerprint density at radius 2 is 2.14 bits per heavy atom. The molecule has 0 fully saturated rings. The molecule has 2 rings (SSSR count). The molecule has 2 aromatic rings. The van der Waals surface area contributed by atoms with Crippen molar-refractivity contribution < 1.29 is 9.53 Å². The molecule has 1 aromatic heterocycles. The number of carbonyl (C=O) groups is 1. The lowest BCUT2D eigenvalue weighted by Crippen LogP contribution is -2.11. The Bertz CT molecular complexity index is 684. The van der Waals surface area contributed by atoms with E-state index in [-0.39, 0.29) is 5.70 Å². The third-order valence-electron chi connectivity index (χ3n) is 2.83. The van der Waals surface area contributed by atoms with Gasteiger partial charge in [-0.2, -0.15) is 0 Å². The predicted molar refractivity (Wildman–Crippen MR) is 85.1 cm³/mol. The second-order valence-corrected chi connectivity index (χ2v) is 4.75. The number of aromatic amines is 1. The molecule has 110 valence electrons. The first-order chi connectivity index (χ1) is 10.1. The van der Waals surface area contributed by atoms with Crippen LogP contribution in [0.3, 0.4) is 0 Å². The molecule has 0 aliphatic heterocycles. The zero-order valence-electron chi connectivity index (χ0n) is 12.5. The average Bonchev–Trinajstić information content (AvgIpc) is 2.86. The van der Waals surface area contributed by atoms with Gasteiger partial charge in [0.15, 0.2) is 5.70 Å². The zero-order valence-corrected chi connectivity index (χ0v) is 12.5. The number of hydrogen-bond acceptors (Lipinski definition) is 3. The fourth-order valence-electron chi connectivity index (χ4n) is 1.89. The molecule has 5 heteroatoms. The number of hydrogen-bond donors (Lipinski definition) is 1. The molecule has 0 radical (unpaired) electrons. The summed E-state index contributed by atoms with van der Waals surface area (Å²) in [6, 6.07) is 7.90. The van der Waals surface area contributed by atoms with Gasteiger partial charge in [-0.3, -0.25) is 0 Å². The molecule has 0 aliphatic rings. The van der Waals surface area contributed by atoms with Gasteiger partial charge in [0, 0.05) is 36.8 Å². The van der Waals surface area contributed by atoms with Gasteiger partial charge in [0.05, 0.1) is 12.9 Å². The van der Waals surface area contributed by atoms with Crippen molar-refractivity contribution in [2.24, 2.45) is 4.99 Å². The van der Waals surface area contributed by atoms with Crippen LogP contribution in [0.1, 0.15) is 12.5 Å². The number of rotatable bonds is 5. The summed E-state index contributed by atoms with van der Waals surface area (Å²) in [5.41, 5.74) is 2.20. The zero-order chi connectivity index (χ0) is 15.2. The SMILES string of the molecule is CCOC(=O)C(=C\c1c[nH]c2ccccc12)/N=C/N(C)C. The highest BCUT2D eigenvalue weighted by molar-refractivity contribution is 5.98. The van der Waals surface area contributed by atoms with Gasteiger partial charge in [-0.15, -0.1) is 0 Å². The number of fused-ring (bicyclic) bond motifs is 1. The first-order valence-corrected chi connectivity index (χ1v) is 6.77. The van der Waals surface area contributed by atoms with Crippen LogP contribution in [0.25, 0.3) is 17.0 Å². The maximum Gasteiger partial charge on any atom is 0.356 e. The van der Waals surface area contributed by atoms with E-state index < -0.39 is 5.97 Å². The molecule has 5 nitrogen and oxygen atoms in total. The van der Waals surface area contributed by atoms with Crippen LogP contribution in [0.15, 0.2) is 41.2 Å². The fourth-order valence-corrected chi connectivity index (χ4v) is 1.89. The van der Waals surface area contributed by atoms with Crippen molar-refractivity contribution in [3.8, 4) is 0 Å². The van der Waals surface area contributed by atoms with E-state index in [1.165, 1.54) is 0 Å². The van der Waals surface area contributed by atoms with Crippen LogP contribution in [0.2, 0.25) is 0 Å². The molecule has 0 atom stereocenters. The quantitative estimate of drug-likeness (QED) is 0.398. The van der Waals surface area contributed by atoms with Crippen LogP contribution in [0, 0.1) is 0 Å². The van der Waals surface area contributed by atoms with Gasteiger partial charge in [0.2, 0.25) is 0 Å². The molecular weight excluding hydrogens is 266 g/mol. The first-order valence-electron chi connectivity index (χ1n) is 6.77. The summed E-state index contributed by atoms with van der Waals surface area (Å²) in [6.45, 7) is 2.10. The van der Waals surface area contributed by atoms with Crippen LogP contribution in [0.4, 0.5) is 0 Å².